The Kier molecular flexibility index (Phi) is 69.8. The summed E-state index contributed by atoms with van der Waals surface area (Å²) in [6.07, 6.45) is 87.4. The molecule has 0 amide bonds. The van der Waals surface area contributed by atoms with Crippen LogP contribution < -0.4 is 5.11 Å². The Balaban J connectivity index is 3.92. The molecule has 0 bridgehead atoms. The van der Waals surface area contributed by atoms with Gasteiger partial charge in [-0.3, -0.25) is 9.59 Å². The smallest absolute Gasteiger partial charge is 0.306 e. The van der Waals surface area contributed by atoms with E-state index < -0.39 is 24.3 Å². The number of nitrogens with zero attached hydrogens (tertiary/aromatic N) is 1. The van der Waals surface area contributed by atoms with Gasteiger partial charge in [0.15, 0.2) is 12.4 Å². The maximum absolute atomic E-state index is 13.0. The lowest BCUT2D eigenvalue weighted by Crippen LogP contribution is -2.44. The van der Waals surface area contributed by atoms with Gasteiger partial charge in [-0.05, 0) is 64.2 Å². The normalized spacial score (nSPS) is 12.7. The van der Waals surface area contributed by atoms with Crippen molar-refractivity contribution in [3.63, 3.8) is 0 Å². The summed E-state index contributed by atoms with van der Waals surface area (Å²) >= 11 is 0. The number of carbonyl (C=O) groups is 3. The second kappa shape index (κ2) is 71.6. The van der Waals surface area contributed by atoms with Crippen LogP contribution in [0.5, 0.6) is 0 Å². The Hall–Kier alpha value is -2.23. The van der Waals surface area contributed by atoms with Crippen molar-refractivity contribution in [2.45, 2.75) is 424 Å². The van der Waals surface area contributed by atoms with E-state index in [9.17, 15) is 19.5 Å². The van der Waals surface area contributed by atoms with Crippen LogP contribution in [-0.4, -0.2) is 82.3 Å². The van der Waals surface area contributed by atoms with Crippen LogP contribution in [0.1, 0.15) is 412 Å². The number of quaternary nitrogens is 1. The molecule has 0 saturated carbocycles. The molecule has 9 nitrogen and oxygen atoms in total. The first-order valence-electron chi connectivity index (χ1n) is 39.5. The lowest BCUT2D eigenvalue weighted by molar-refractivity contribution is -0.870. The first-order chi connectivity index (χ1) is 43.6. The number of ether oxygens (including phenoxy) is 4. The summed E-state index contributed by atoms with van der Waals surface area (Å²) in [6, 6.07) is 0. The third kappa shape index (κ3) is 73.1. The van der Waals surface area contributed by atoms with Gasteiger partial charge in [-0.1, -0.05) is 359 Å². The fraction of sp³-hybridized carbons (Fsp3) is 0.912. The number of unbranched alkanes of at least 4 members (excludes halogenated alkanes) is 56. The Morgan fingerprint density at radius 1 is 0.326 bits per heavy atom. The van der Waals surface area contributed by atoms with Gasteiger partial charge in [-0.2, -0.15) is 0 Å². The van der Waals surface area contributed by atoms with E-state index in [0.717, 1.165) is 38.5 Å². The fourth-order valence-electron chi connectivity index (χ4n) is 12.1. The van der Waals surface area contributed by atoms with Crippen molar-refractivity contribution >= 4 is 17.9 Å². The molecule has 0 spiro atoms. The van der Waals surface area contributed by atoms with Gasteiger partial charge in [-0.15, -0.1) is 0 Å². The number of allylic oxidation sites excluding steroid dienone is 4. The maximum Gasteiger partial charge on any atom is 0.306 e. The molecule has 0 aliphatic carbocycles. The molecule has 0 rings (SSSR count). The van der Waals surface area contributed by atoms with Crippen molar-refractivity contribution in [1.29, 1.82) is 0 Å². The molecule has 0 aromatic heterocycles. The van der Waals surface area contributed by atoms with E-state index in [1.54, 1.807) is 0 Å². The minimum absolute atomic E-state index is 0.151. The van der Waals surface area contributed by atoms with Gasteiger partial charge in [0.25, 0.3) is 0 Å². The molecule has 0 aromatic carbocycles. The Morgan fingerprint density at radius 2 is 0.573 bits per heavy atom. The molecule has 0 aliphatic heterocycles. The van der Waals surface area contributed by atoms with Crippen molar-refractivity contribution in [2.24, 2.45) is 0 Å². The van der Waals surface area contributed by atoms with Gasteiger partial charge in [0.1, 0.15) is 13.2 Å². The van der Waals surface area contributed by atoms with Crippen LogP contribution in [0, 0.1) is 0 Å². The first kappa shape index (κ1) is 86.8. The zero-order chi connectivity index (χ0) is 64.7. The van der Waals surface area contributed by atoms with Crippen LogP contribution in [0.2, 0.25) is 0 Å². The molecule has 0 aromatic rings. The number of hydrogen-bond acceptors (Lipinski definition) is 8. The molecule has 2 atom stereocenters. The predicted octanol–water partition coefficient (Wildman–Crippen LogP) is 23.6. The third-order valence-electron chi connectivity index (χ3n) is 18.2. The van der Waals surface area contributed by atoms with Crippen molar-refractivity contribution in [3.8, 4) is 0 Å². The van der Waals surface area contributed by atoms with Crippen LogP contribution in [0.3, 0.4) is 0 Å². The van der Waals surface area contributed by atoms with Crippen LogP contribution in [0.15, 0.2) is 24.3 Å². The minimum Gasteiger partial charge on any atom is -0.545 e. The SMILES string of the molecule is CCCCCCCCCC/C=C\CCCCCCCCCCCCCCCCCCCCCCCCCCCCCCCC(=O)OC(COC(=O)CCCCCCCCCCCCC/C=C\CCCCCCCCCC)COC(OCC[N+](C)(C)C)C(=O)[O-]. The molecule has 0 fully saturated rings. The number of carboxylic acid groups (broad SMARTS) is 1. The fourth-order valence-corrected chi connectivity index (χ4v) is 12.1. The number of carbonyl (C=O) groups excluding carboxylic acids is 3. The van der Waals surface area contributed by atoms with Gasteiger partial charge < -0.3 is 33.3 Å². The minimum atomic E-state index is -1.62. The summed E-state index contributed by atoms with van der Waals surface area (Å²) in [7, 11) is 5.95. The summed E-state index contributed by atoms with van der Waals surface area (Å²) in [4.78, 5) is 37.5. The largest absolute Gasteiger partial charge is 0.545 e. The summed E-state index contributed by atoms with van der Waals surface area (Å²) in [6.45, 7) is 4.82. The zero-order valence-electron chi connectivity index (χ0n) is 60.3. The number of rotatable bonds is 75. The molecule has 0 N–H and O–H groups in total. The van der Waals surface area contributed by atoms with E-state index in [2.05, 4.69) is 38.2 Å². The Morgan fingerprint density at radius 3 is 0.831 bits per heavy atom. The lowest BCUT2D eigenvalue weighted by Gasteiger charge is -2.26. The average Bonchev–Trinajstić information content (AvgIpc) is 3.64. The Labute approximate surface area is 554 Å². The van der Waals surface area contributed by atoms with Crippen molar-refractivity contribution in [3.05, 3.63) is 24.3 Å². The standard InChI is InChI=1S/C80H153NO8/c1-6-8-10-12-14-16-18-20-22-24-26-28-30-31-32-33-34-35-36-37-38-39-40-41-42-43-44-45-46-47-49-51-53-55-57-59-61-63-65-67-69-71-78(83)89-76(75-88-80(79(84)85)86-73-72-81(3,4)5)74-87-77(82)70-68-66-64-62-60-58-56-54-52-50-48-29-27-25-23-21-19-17-15-13-11-9-7-2/h24-27,76,80H,6-23,28-75H2,1-5H3/b26-24-,27-25-. The number of esters is 2. The monoisotopic (exact) mass is 1260 g/mol. The highest BCUT2D eigenvalue weighted by Gasteiger charge is 2.22. The number of carboxylic acids is 1. The van der Waals surface area contributed by atoms with Gasteiger partial charge in [0.2, 0.25) is 0 Å². The van der Waals surface area contributed by atoms with Crippen LogP contribution in [0.4, 0.5) is 0 Å². The molecule has 9 heteroatoms. The molecule has 0 aliphatic rings. The van der Waals surface area contributed by atoms with Crippen molar-refractivity contribution in [1.82, 2.24) is 0 Å². The zero-order valence-corrected chi connectivity index (χ0v) is 60.3. The maximum atomic E-state index is 13.0. The third-order valence-corrected chi connectivity index (χ3v) is 18.2. The summed E-state index contributed by atoms with van der Waals surface area (Å²) in [5.74, 6) is -2.25. The molecular formula is C80H153NO8. The predicted molar refractivity (Wildman–Crippen MR) is 380 cm³/mol. The molecular weight excluding hydrogens is 1100 g/mol. The van der Waals surface area contributed by atoms with Crippen LogP contribution in [-0.2, 0) is 33.3 Å². The lowest BCUT2D eigenvalue weighted by atomic mass is 10.0. The van der Waals surface area contributed by atoms with E-state index in [-0.39, 0.29) is 32.2 Å². The topological polar surface area (TPSA) is 111 Å². The quantitative estimate of drug-likeness (QED) is 0.0195. The number of hydrogen-bond donors (Lipinski definition) is 0. The molecule has 526 valence electrons. The van der Waals surface area contributed by atoms with Gasteiger partial charge in [0, 0.05) is 12.8 Å². The molecule has 0 radical (unpaired) electrons. The van der Waals surface area contributed by atoms with Gasteiger partial charge >= 0.3 is 11.9 Å². The first-order valence-corrected chi connectivity index (χ1v) is 39.5. The number of likely N-dealkylation sites (N-methyl/N-ethyl adjacent to an activating group) is 1. The van der Waals surface area contributed by atoms with Gasteiger partial charge in [-0.25, -0.2) is 0 Å². The number of aliphatic carboxylic acids is 1. The van der Waals surface area contributed by atoms with E-state index in [1.807, 2.05) is 21.1 Å². The molecule has 0 saturated heterocycles. The van der Waals surface area contributed by atoms with E-state index in [0.29, 0.717) is 17.4 Å². The van der Waals surface area contributed by atoms with Crippen LogP contribution >= 0.6 is 0 Å². The van der Waals surface area contributed by atoms with Crippen molar-refractivity contribution in [2.75, 3.05) is 47.5 Å². The van der Waals surface area contributed by atoms with Gasteiger partial charge in [0.05, 0.1) is 40.3 Å². The second-order valence-electron chi connectivity index (χ2n) is 28.4. The summed E-state index contributed by atoms with van der Waals surface area (Å²) in [5, 5.41) is 11.8. The highest BCUT2D eigenvalue weighted by Crippen LogP contribution is 2.20. The van der Waals surface area contributed by atoms with E-state index in [1.165, 1.54) is 347 Å². The average molecular weight is 1260 g/mol. The summed E-state index contributed by atoms with van der Waals surface area (Å²) < 4.78 is 22.9. The molecule has 2 unspecified atom stereocenters. The highest BCUT2D eigenvalue weighted by molar-refractivity contribution is 5.70. The summed E-state index contributed by atoms with van der Waals surface area (Å²) in [5.41, 5.74) is 0. The Bertz CT molecular complexity index is 1510. The van der Waals surface area contributed by atoms with E-state index in [4.69, 9.17) is 18.9 Å². The van der Waals surface area contributed by atoms with Crippen LogP contribution in [0.25, 0.3) is 0 Å². The second-order valence-corrected chi connectivity index (χ2v) is 28.4. The highest BCUT2D eigenvalue weighted by atomic mass is 16.7. The van der Waals surface area contributed by atoms with E-state index >= 15 is 0 Å². The van der Waals surface area contributed by atoms with Crippen molar-refractivity contribution < 1.29 is 42.9 Å². The molecule has 0 heterocycles. The molecule has 89 heavy (non-hydrogen) atoms.